The summed E-state index contributed by atoms with van der Waals surface area (Å²) in [6.07, 6.45) is 0.491. The molecule has 1 aromatic carbocycles. The average molecular weight is 402 g/mol. The highest BCUT2D eigenvalue weighted by Gasteiger charge is 2.28. The zero-order valence-electron chi connectivity index (χ0n) is 14.4. The number of ether oxygens (including phenoxy) is 1. The molecule has 3 rings (SSSR count). The highest BCUT2D eigenvalue weighted by molar-refractivity contribution is 6.46. The quantitative estimate of drug-likeness (QED) is 0.571. The molecule has 0 saturated heterocycles. The van der Waals surface area contributed by atoms with Crippen molar-refractivity contribution in [2.75, 3.05) is 11.9 Å². The van der Waals surface area contributed by atoms with Crippen LogP contribution in [0.5, 0.6) is 0 Å². The lowest BCUT2D eigenvalue weighted by molar-refractivity contribution is 0.0588. The second-order valence-electron chi connectivity index (χ2n) is 6.75. The van der Waals surface area contributed by atoms with Crippen LogP contribution in [-0.2, 0) is 4.74 Å². The fourth-order valence-electron chi connectivity index (χ4n) is 2.60. The minimum atomic E-state index is -1.19. The molecule has 0 bridgehead atoms. The Bertz CT molecular complexity index is 1040. The van der Waals surface area contributed by atoms with Crippen molar-refractivity contribution in [3.63, 3.8) is 0 Å². The van der Waals surface area contributed by atoms with E-state index in [2.05, 4.69) is 9.97 Å². The van der Waals surface area contributed by atoms with Crippen LogP contribution in [0.3, 0.4) is 0 Å². The lowest BCUT2D eigenvalue weighted by Gasteiger charge is -2.25. The number of anilines is 1. The van der Waals surface area contributed by atoms with Gasteiger partial charge in [-0.2, -0.15) is 0 Å². The van der Waals surface area contributed by atoms with Gasteiger partial charge in [0.25, 0.3) is 0 Å². The molecule has 0 aliphatic carbocycles. The normalized spacial score (nSPS) is 12.0. The standard InChI is InChI=1S/C17H15Cl2F2N3O2/c1-17(2,3)26-16(25)24(4)14-12(21)9(20)5-7-10-11(19)8(18)6-22-15(10)23-13(7)14/h5-6H,1-4H3,(H,22,23). The summed E-state index contributed by atoms with van der Waals surface area (Å²) in [7, 11) is 1.29. The Hall–Kier alpha value is -2.12. The maximum Gasteiger partial charge on any atom is 0.414 e. The third-order valence-corrected chi connectivity index (χ3v) is 4.46. The number of hydrogen-bond donors (Lipinski definition) is 1. The molecule has 3 aromatic rings. The van der Waals surface area contributed by atoms with Crippen LogP contribution in [0.25, 0.3) is 21.9 Å². The molecular formula is C17H15Cl2F2N3O2. The first kappa shape index (κ1) is 18.7. The number of pyridine rings is 1. The summed E-state index contributed by atoms with van der Waals surface area (Å²) in [5.74, 6) is -2.33. The predicted molar refractivity (Wildman–Crippen MR) is 98.2 cm³/mol. The van der Waals surface area contributed by atoms with E-state index in [9.17, 15) is 13.6 Å². The van der Waals surface area contributed by atoms with Gasteiger partial charge in [0.15, 0.2) is 11.6 Å². The van der Waals surface area contributed by atoms with Crippen molar-refractivity contribution in [2.24, 2.45) is 0 Å². The second-order valence-corrected chi connectivity index (χ2v) is 7.54. The van der Waals surface area contributed by atoms with Gasteiger partial charge in [0, 0.05) is 24.0 Å². The predicted octanol–water partition coefficient (Wildman–Crippen LogP) is 5.67. The molecule has 0 fully saturated rings. The Labute approximate surface area is 157 Å². The van der Waals surface area contributed by atoms with Gasteiger partial charge in [0.05, 0.1) is 15.6 Å². The maximum absolute atomic E-state index is 14.6. The molecule has 0 atom stereocenters. The Morgan fingerprint density at radius 2 is 1.96 bits per heavy atom. The highest BCUT2D eigenvalue weighted by atomic mass is 35.5. The van der Waals surface area contributed by atoms with Crippen molar-refractivity contribution in [3.8, 4) is 0 Å². The van der Waals surface area contributed by atoms with Crippen LogP contribution in [0.1, 0.15) is 20.8 Å². The van der Waals surface area contributed by atoms with Crippen molar-refractivity contribution in [1.29, 1.82) is 0 Å². The first-order chi connectivity index (χ1) is 12.0. The van der Waals surface area contributed by atoms with E-state index < -0.39 is 23.3 Å². The van der Waals surface area contributed by atoms with Gasteiger partial charge in [-0.3, -0.25) is 4.90 Å². The third kappa shape index (κ3) is 3.05. The van der Waals surface area contributed by atoms with Gasteiger partial charge >= 0.3 is 6.09 Å². The van der Waals surface area contributed by atoms with Crippen LogP contribution in [0.15, 0.2) is 12.3 Å². The molecule has 2 heterocycles. The Kier molecular flexibility index (Phi) is 4.48. The topological polar surface area (TPSA) is 58.2 Å². The van der Waals surface area contributed by atoms with E-state index in [0.29, 0.717) is 11.0 Å². The van der Waals surface area contributed by atoms with E-state index in [1.807, 2.05) is 0 Å². The molecule has 1 amide bonds. The van der Waals surface area contributed by atoms with Crippen LogP contribution >= 0.6 is 23.2 Å². The number of aromatic nitrogens is 2. The Morgan fingerprint density at radius 1 is 1.31 bits per heavy atom. The number of carbonyl (C=O) groups excluding carboxylic acids is 1. The number of amides is 1. The smallest absolute Gasteiger partial charge is 0.414 e. The monoisotopic (exact) mass is 401 g/mol. The summed E-state index contributed by atoms with van der Waals surface area (Å²) >= 11 is 12.2. The number of fused-ring (bicyclic) bond motifs is 3. The molecule has 0 spiro atoms. The molecule has 26 heavy (non-hydrogen) atoms. The molecule has 0 aliphatic rings. The summed E-state index contributed by atoms with van der Waals surface area (Å²) in [5.41, 5.74) is -0.658. The van der Waals surface area contributed by atoms with Crippen LogP contribution < -0.4 is 4.90 Å². The van der Waals surface area contributed by atoms with E-state index in [-0.39, 0.29) is 26.6 Å². The Balaban J connectivity index is 2.30. The number of hydrogen-bond acceptors (Lipinski definition) is 3. The summed E-state index contributed by atoms with van der Waals surface area (Å²) in [5, 5.41) is 0.919. The lowest BCUT2D eigenvalue weighted by atomic mass is 10.1. The summed E-state index contributed by atoms with van der Waals surface area (Å²) < 4.78 is 34.0. The van der Waals surface area contributed by atoms with Gasteiger partial charge in [-0.05, 0) is 26.8 Å². The van der Waals surface area contributed by atoms with Crippen LogP contribution in [0.2, 0.25) is 10.0 Å². The molecule has 1 N–H and O–H groups in total. The van der Waals surface area contributed by atoms with Crippen molar-refractivity contribution < 1.29 is 18.3 Å². The molecule has 0 saturated carbocycles. The first-order valence-corrected chi connectivity index (χ1v) is 8.37. The Morgan fingerprint density at radius 3 is 2.58 bits per heavy atom. The first-order valence-electron chi connectivity index (χ1n) is 7.61. The van der Waals surface area contributed by atoms with Gasteiger partial charge in [0.1, 0.15) is 16.9 Å². The van der Waals surface area contributed by atoms with E-state index in [4.69, 9.17) is 27.9 Å². The summed E-state index contributed by atoms with van der Waals surface area (Å²) in [6.45, 7) is 5.01. The summed E-state index contributed by atoms with van der Waals surface area (Å²) in [4.78, 5) is 20.2. The zero-order chi connectivity index (χ0) is 19.4. The van der Waals surface area contributed by atoms with E-state index in [1.54, 1.807) is 20.8 Å². The van der Waals surface area contributed by atoms with Crippen LogP contribution in [0.4, 0.5) is 19.3 Å². The number of halogens is 4. The van der Waals surface area contributed by atoms with Gasteiger partial charge in [0.2, 0.25) is 0 Å². The molecule has 2 aromatic heterocycles. The third-order valence-electron chi connectivity index (χ3n) is 3.68. The van der Waals surface area contributed by atoms with Gasteiger partial charge in [-0.1, -0.05) is 23.2 Å². The van der Waals surface area contributed by atoms with Gasteiger partial charge in [-0.25, -0.2) is 18.6 Å². The van der Waals surface area contributed by atoms with Gasteiger partial charge < -0.3 is 9.72 Å². The molecule has 0 radical (unpaired) electrons. The number of H-pyrrole nitrogens is 1. The largest absolute Gasteiger partial charge is 0.443 e. The number of carbonyl (C=O) groups is 1. The molecule has 5 nitrogen and oxygen atoms in total. The second kappa shape index (κ2) is 6.25. The van der Waals surface area contributed by atoms with Crippen molar-refractivity contribution in [1.82, 2.24) is 9.97 Å². The van der Waals surface area contributed by atoms with E-state index >= 15 is 0 Å². The minimum Gasteiger partial charge on any atom is -0.443 e. The highest BCUT2D eigenvalue weighted by Crippen LogP contribution is 2.40. The maximum atomic E-state index is 14.6. The summed E-state index contributed by atoms with van der Waals surface area (Å²) in [6, 6.07) is 0.986. The SMILES string of the molecule is CN(C(=O)OC(C)(C)C)c1c(F)c(F)cc2c1[nH]c1ncc(Cl)c(Cl)c12. The van der Waals surface area contributed by atoms with Crippen molar-refractivity contribution >= 4 is 56.9 Å². The average Bonchev–Trinajstić information content (AvgIpc) is 2.88. The van der Waals surface area contributed by atoms with Crippen LogP contribution in [0, 0.1) is 11.6 Å². The fraction of sp³-hybridized carbons (Fsp3) is 0.294. The van der Waals surface area contributed by atoms with E-state index in [1.165, 1.54) is 13.2 Å². The molecule has 138 valence electrons. The number of aromatic amines is 1. The molecule has 0 unspecified atom stereocenters. The van der Waals surface area contributed by atoms with Crippen molar-refractivity contribution in [3.05, 3.63) is 33.9 Å². The van der Waals surface area contributed by atoms with E-state index in [0.717, 1.165) is 11.0 Å². The number of rotatable bonds is 1. The number of nitrogens with one attached hydrogen (secondary N) is 1. The zero-order valence-corrected chi connectivity index (χ0v) is 15.9. The molecular weight excluding hydrogens is 387 g/mol. The minimum absolute atomic E-state index is 0.153. The fourth-order valence-corrected chi connectivity index (χ4v) is 2.98. The number of benzene rings is 1. The van der Waals surface area contributed by atoms with Gasteiger partial charge in [-0.15, -0.1) is 0 Å². The molecule has 0 aliphatic heterocycles. The lowest BCUT2D eigenvalue weighted by Crippen LogP contribution is -2.34. The van der Waals surface area contributed by atoms with Crippen LogP contribution in [-0.4, -0.2) is 28.7 Å². The molecule has 9 heteroatoms. The van der Waals surface area contributed by atoms with Crippen molar-refractivity contribution in [2.45, 2.75) is 26.4 Å². The number of nitrogens with zero attached hydrogens (tertiary/aromatic N) is 2.